The van der Waals surface area contributed by atoms with E-state index in [9.17, 15) is 4.79 Å². The smallest absolute Gasteiger partial charge is 0.228 e. The van der Waals surface area contributed by atoms with Crippen molar-refractivity contribution in [3.63, 3.8) is 0 Å². The van der Waals surface area contributed by atoms with Gasteiger partial charge in [-0.05, 0) is 25.5 Å². The Morgan fingerprint density at radius 1 is 1.47 bits per heavy atom. The van der Waals surface area contributed by atoms with Crippen molar-refractivity contribution in [3.8, 4) is 6.07 Å². The normalized spacial score (nSPS) is 18.9. The van der Waals surface area contributed by atoms with Gasteiger partial charge in [0.15, 0.2) is 0 Å². The molecule has 2 rings (SSSR count). The number of nitrogens with zero attached hydrogens (tertiary/aromatic N) is 2. The Labute approximate surface area is 114 Å². The van der Waals surface area contributed by atoms with Crippen LogP contribution in [-0.4, -0.2) is 19.5 Å². The molecule has 1 aromatic rings. The summed E-state index contributed by atoms with van der Waals surface area (Å²) in [5.74, 6) is 0.103. The molecule has 0 radical (unpaired) electrons. The number of carbonyl (C=O) groups is 1. The van der Waals surface area contributed by atoms with E-state index in [1.807, 2.05) is 38.1 Å². The van der Waals surface area contributed by atoms with Gasteiger partial charge in [-0.3, -0.25) is 4.79 Å². The Morgan fingerprint density at radius 3 is 2.84 bits per heavy atom. The van der Waals surface area contributed by atoms with Crippen molar-refractivity contribution in [2.45, 2.75) is 26.3 Å². The lowest BCUT2D eigenvalue weighted by Gasteiger charge is -2.33. The maximum Gasteiger partial charge on any atom is 0.228 e. The van der Waals surface area contributed by atoms with Gasteiger partial charge >= 0.3 is 0 Å². The van der Waals surface area contributed by atoms with E-state index >= 15 is 0 Å². The Kier molecular flexibility index (Phi) is 3.59. The number of carbonyl (C=O) groups excluding carboxylic acids is 1. The Bertz CT molecular complexity index is 530. The first-order valence-corrected chi connectivity index (χ1v) is 6.45. The third-order valence-corrected chi connectivity index (χ3v) is 3.52. The van der Waals surface area contributed by atoms with Crippen LogP contribution in [0.15, 0.2) is 24.3 Å². The van der Waals surface area contributed by atoms with Crippen molar-refractivity contribution in [1.29, 1.82) is 5.26 Å². The highest BCUT2D eigenvalue weighted by atomic mass is 16.2. The number of nitrogens with one attached hydrogen (secondary N) is 1. The van der Waals surface area contributed by atoms with Gasteiger partial charge in [-0.25, -0.2) is 0 Å². The molecule has 0 saturated heterocycles. The number of anilines is 1. The molecular formula is C15H19N3O. The third kappa shape index (κ3) is 2.77. The minimum atomic E-state index is -0.429. The molecule has 1 N–H and O–H groups in total. The monoisotopic (exact) mass is 257 g/mol. The molecule has 1 unspecified atom stereocenters. The molecule has 0 bridgehead atoms. The summed E-state index contributed by atoms with van der Waals surface area (Å²) in [4.78, 5) is 13.7. The van der Waals surface area contributed by atoms with Crippen LogP contribution < -0.4 is 10.2 Å². The van der Waals surface area contributed by atoms with Gasteiger partial charge in [0, 0.05) is 31.7 Å². The highest BCUT2D eigenvalue weighted by Gasteiger charge is 2.29. The van der Waals surface area contributed by atoms with Crippen LogP contribution in [0.4, 0.5) is 5.69 Å². The zero-order valence-corrected chi connectivity index (χ0v) is 11.6. The van der Waals surface area contributed by atoms with Crippen molar-refractivity contribution in [1.82, 2.24) is 5.32 Å². The zero-order chi connectivity index (χ0) is 14.0. The van der Waals surface area contributed by atoms with E-state index < -0.39 is 5.41 Å². The molecule has 0 aromatic heterocycles. The first kappa shape index (κ1) is 13.6. The van der Waals surface area contributed by atoms with E-state index in [1.165, 1.54) is 0 Å². The number of amides is 1. The fraction of sp³-hybridized carbons (Fsp3) is 0.467. The van der Waals surface area contributed by atoms with Crippen molar-refractivity contribution in [3.05, 3.63) is 29.8 Å². The molecule has 4 nitrogen and oxygen atoms in total. The van der Waals surface area contributed by atoms with Gasteiger partial charge < -0.3 is 10.2 Å². The largest absolute Gasteiger partial charge is 0.315 e. The van der Waals surface area contributed by atoms with E-state index in [-0.39, 0.29) is 11.9 Å². The first-order chi connectivity index (χ1) is 8.94. The van der Waals surface area contributed by atoms with E-state index in [2.05, 4.69) is 11.4 Å². The molecule has 1 atom stereocenters. The van der Waals surface area contributed by atoms with Gasteiger partial charge in [-0.1, -0.05) is 18.2 Å². The number of benzene rings is 1. The van der Waals surface area contributed by atoms with E-state index in [0.717, 1.165) is 11.3 Å². The van der Waals surface area contributed by atoms with Gasteiger partial charge in [0.05, 0.1) is 11.5 Å². The van der Waals surface area contributed by atoms with Gasteiger partial charge in [-0.15, -0.1) is 0 Å². The molecule has 1 heterocycles. The average molecular weight is 257 g/mol. The fourth-order valence-electron chi connectivity index (χ4n) is 2.24. The minimum Gasteiger partial charge on any atom is -0.315 e. The Morgan fingerprint density at radius 2 is 2.16 bits per heavy atom. The number of rotatable bonds is 3. The average Bonchev–Trinajstić information content (AvgIpc) is 2.41. The van der Waals surface area contributed by atoms with Crippen LogP contribution in [0.5, 0.6) is 0 Å². The minimum absolute atomic E-state index is 0.00692. The highest BCUT2D eigenvalue weighted by molar-refractivity contribution is 5.96. The second-order valence-corrected chi connectivity index (χ2v) is 5.64. The summed E-state index contributed by atoms with van der Waals surface area (Å²) in [5.41, 5.74) is 1.64. The maximum absolute atomic E-state index is 12.0. The molecule has 1 aliphatic rings. The first-order valence-electron chi connectivity index (χ1n) is 6.45. The number of nitriles is 1. The standard InChI is InChI=1S/C15H19N3O/c1-15(2,9-16)10-17-12-8-14(19)18(3)13-7-5-4-6-11(12)13/h4-7,12,17H,8,10H2,1-3H3. The van der Waals surface area contributed by atoms with E-state index in [0.29, 0.717) is 13.0 Å². The van der Waals surface area contributed by atoms with Crippen molar-refractivity contribution in [2.75, 3.05) is 18.5 Å². The summed E-state index contributed by atoms with van der Waals surface area (Å²) in [6, 6.07) is 10.2. The molecule has 0 aliphatic carbocycles. The molecular weight excluding hydrogens is 238 g/mol. The van der Waals surface area contributed by atoms with Crippen LogP contribution in [0.2, 0.25) is 0 Å². The molecule has 1 aliphatic heterocycles. The van der Waals surface area contributed by atoms with Crippen molar-refractivity contribution >= 4 is 11.6 Å². The SMILES string of the molecule is CN1C(=O)CC(NCC(C)(C)C#N)c2ccccc21. The topological polar surface area (TPSA) is 56.1 Å². The molecule has 4 heteroatoms. The lowest BCUT2D eigenvalue weighted by atomic mass is 9.92. The summed E-state index contributed by atoms with van der Waals surface area (Å²) in [6.45, 7) is 4.35. The molecule has 1 aromatic carbocycles. The predicted molar refractivity (Wildman–Crippen MR) is 74.6 cm³/mol. The summed E-state index contributed by atoms with van der Waals surface area (Å²) >= 11 is 0. The van der Waals surface area contributed by atoms with Gasteiger partial charge in [0.1, 0.15) is 0 Å². The quantitative estimate of drug-likeness (QED) is 0.903. The Balaban J connectivity index is 2.21. The van der Waals surface area contributed by atoms with Crippen molar-refractivity contribution < 1.29 is 4.79 Å². The second-order valence-electron chi connectivity index (χ2n) is 5.64. The highest BCUT2D eigenvalue weighted by Crippen LogP contribution is 2.33. The number of para-hydroxylation sites is 1. The molecule has 0 saturated carbocycles. The lowest BCUT2D eigenvalue weighted by Crippen LogP contribution is -2.40. The molecule has 19 heavy (non-hydrogen) atoms. The summed E-state index contributed by atoms with van der Waals surface area (Å²) in [5, 5.41) is 12.4. The van der Waals surface area contributed by atoms with Crippen LogP contribution in [0.25, 0.3) is 0 Å². The van der Waals surface area contributed by atoms with Gasteiger partial charge in [0.2, 0.25) is 5.91 Å². The second kappa shape index (κ2) is 5.02. The number of hydrogen-bond donors (Lipinski definition) is 1. The van der Waals surface area contributed by atoms with E-state index in [4.69, 9.17) is 5.26 Å². The number of fused-ring (bicyclic) bond motifs is 1. The van der Waals surface area contributed by atoms with Gasteiger partial charge in [0.25, 0.3) is 0 Å². The van der Waals surface area contributed by atoms with Crippen LogP contribution in [0, 0.1) is 16.7 Å². The van der Waals surface area contributed by atoms with Crippen LogP contribution in [-0.2, 0) is 4.79 Å². The fourth-order valence-corrected chi connectivity index (χ4v) is 2.24. The van der Waals surface area contributed by atoms with E-state index in [1.54, 1.807) is 11.9 Å². The van der Waals surface area contributed by atoms with Crippen LogP contribution >= 0.6 is 0 Å². The summed E-state index contributed by atoms with van der Waals surface area (Å²) in [7, 11) is 1.80. The molecule has 0 spiro atoms. The number of hydrogen-bond acceptors (Lipinski definition) is 3. The van der Waals surface area contributed by atoms with Crippen molar-refractivity contribution in [2.24, 2.45) is 5.41 Å². The van der Waals surface area contributed by atoms with Gasteiger partial charge in [-0.2, -0.15) is 5.26 Å². The molecule has 100 valence electrons. The lowest BCUT2D eigenvalue weighted by molar-refractivity contribution is -0.119. The Hall–Kier alpha value is -1.86. The third-order valence-electron chi connectivity index (χ3n) is 3.52. The zero-order valence-electron chi connectivity index (χ0n) is 11.6. The van der Waals surface area contributed by atoms with Crippen LogP contribution in [0.1, 0.15) is 31.9 Å². The molecule has 0 fully saturated rings. The summed E-state index contributed by atoms with van der Waals surface area (Å²) in [6.07, 6.45) is 0.440. The van der Waals surface area contributed by atoms with Crippen LogP contribution in [0.3, 0.4) is 0 Å². The predicted octanol–water partition coefficient (Wildman–Crippen LogP) is 2.23. The maximum atomic E-state index is 12.0. The summed E-state index contributed by atoms with van der Waals surface area (Å²) < 4.78 is 0. The molecule has 1 amide bonds.